The average Bonchev–Trinajstić information content (AvgIpc) is 3.31. The van der Waals surface area contributed by atoms with Crippen molar-refractivity contribution in [3.05, 3.63) is 95.1 Å². The normalized spacial score (nSPS) is 11.9. The highest BCUT2D eigenvalue weighted by Crippen LogP contribution is 2.22. The molecule has 0 atom stereocenters. The van der Waals surface area contributed by atoms with Crippen LogP contribution in [0.2, 0.25) is 0 Å². The van der Waals surface area contributed by atoms with Crippen LogP contribution in [0.15, 0.2) is 84.0 Å². The van der Waals surface area contributed by atoms with Gasteiger partial charge in [0.1, 0.15) is 0 Å². The van der Waals surface area contributed by atoms with Crippen molar-refractivity contribution >= 4 is 47.4 Å². The van der Waals surface area contributed by atoms with Crippen molar-refractivity contribution in [2.75, 3.05) is 0 Å². The highest BCUT2D eigenvalue weighted by molar-refractivity contribution is 7.49. The van der Waals surface area contributed by atoms with Crippen LogP contribution in [-0.4, -0.2) is 8.07 Å². The predicted octanol–water partition coefficient (Wildman–Crippen LogP) is 4.04. The number of thiophene rings is 1. The minimum Gasteiger partial charge on any atom is -0.531 e. The molecule has 0 spiro atoms. The van der Waals surface area contributed by atoms with Gasteiger partial charge in [-0.3, -0.25) is 0 Å². The molecule has 0 saturated heterocycles. The quantitative estimate of drug-likeness (QED) is 0.472. The second-order valence-electron chi connectivity index (χ2n) is 6.37. The van der Waals surface area contributed by atoms with Gasteiger partial charge in [-0.25, -0.2) is 10.7 Å². The Morgan fingerprint density at radius 3 is 1.80 bits per heavy atom. The van der Waals surface area contributed by atoms with E-state index in [0.29, 0.717) is 0 Å². The van der Waals surface area contributed by atoms with Gasteiger partial charge in [-0.05, 0) is 29.6 Å². The van der Waals surface area contributed by atoms with Gasteiger partial charge >= 0.3 is 0 Å². The van der Waals surface area contributed by atoms with Crippen LogP contribution >= 0.6 is 19.5 Å². The fraction of sp³-hybridized carbons (Fsp3) is 0.0909. The van der Waals surface area contributed by atoms with E-state index in [9.17, 15) is 0 Å². The van der Waals surface area contributed by atoms with E-state index < -0.39 is 8.07 Å². The molecule has 2 aromatic heterocycles. The lowest BCUT2D eigenvalue weighted by Crippen LogP contribution is -2.73. The highest BCUT2D eigenvalue weighted by Gasteiger charge is 2.39. The zero-order valence-corrected chi connectivity index (χ0v) is 17.1. The molecule has 124 valence electrons. The van der Waals surface area contributed by atoms with E-state index in [2.05, 4.69) is 97.8 Å². The maximum Gasteiger partial charge on any atom is 0.160 e. The SMILES string of the molecule is Cc1c[p-]c([Si](c2ccccc2)(c2ccccc2)c2cccs2)c1C. The third kappa shape index (κ3) is 2.66. The van der Waals surface area contributed by atoms with Crippen molar-refractivity contribution in [3.63, 3.8) is 0 Å². The molecule has 0 radical (unpaired) electrons. The van der Waals surface area contributed by atoms with Gasteiger partial charge in [0, 0.05) is 4.50 Å². The highest BCUT2D eigenvalue weighted by atomic mass is 32.1. The Morgan fingerprint density at radius 1 is 0.760 bits per heavy atom. The zero-order valence-electron chi connectivity index (χ0n) is 14.4. The number of hydrogen-bond donors (Lipinski definition) is 0. The van der Waals surface area contributed by atoms with Crippen LogP contribution < -0.4 is 19.8 Å². The minimum atomic E-state index is -2.21. The molecular formula is C22H20PSSi-. The fourth-order valence-corrected chi connectivity index (χ4v) is 13.4. The van der Waals surface area contributed by atoms with E-state index in [0.717, 1.165) is 0 Å². The Morgan fingerprint density at radius 2 is 1.36 bits per heavy atom. The topological polar surface area (TPSA) is 0 Å². The van der Waals surface area contributed by atoms with Gasteiger partial charge in [-0.15, -0.1) is 0 Å². The van der Waals surface area contributed by atoms with E-state index >= 15 is 0 Å². The van der Waals surface area contributed by atoms with Gasteiger partial charge in [0.2, 0.25) is 0 Å². The summed E-state index contributed by atoms with van der Waals surface area (Å²) in [5.41, 5.74) is 2.91. The molecule has 0 aliphatic carbocycles. The summed E-state index contributed by atoms with van der Waals surface area (Å²) in [7, 11) is -0.847. The van der Waals surface area contributed by atoms with Crippen molar-refractivity contribution in [1.29, 1.82) is 0 Å². The van der Waals surface area contributed by atoms with E-state index in [1.807, 2.05) is 11.3 Å². The largest absolute Gasteiger partial charge is 0.531 e. The summed E-state index contributed by atoms with van der Waals surface area (Å²) in [6, 6.07) is 26.9. The molecule has 4 rings (SSSR count). The fourth-order valence-electron chi connectivity index (χ4n) is 3.63. The first-order valence-electron chi connectivity index (χ1n) is 8.49. The molecule has 2 heterocycles. The second kappa shape index (κ2) is 6.80. The lowest BCUT2D eigenvalue weighted by Gasteiger charge is -2.37. The average molecular weight is 376 g/mol. The van der Waals surface area contributed by atoms with Gasteiger partial charge in [-0.2, -0.15) is 11.3 Å². The first-order chi connectivity index (χ1) is 12.2. The third-order valence-electron chi connectivity index (χ3n) is 4.99. The standard InChI is InChI=1S/C22H20PSSi/c1-17-16-23-22(18(17)2)25(21-14-9-15-24-21,19-10-5-3-6-11-19)20-12-7-4-8-13-20/h3-16H,1-2H3/q-1. The molecular weight excluding hydrogens is 355 g/mol. The predicted molar refractivity (Wildman–Crippen MR) is 116 cm³/mol. The molecule has 0 amide bonds. The van der Waals surface area contributed by atoms with Crippen LogP contribution in [-0.2, 0) is 0 Å². The summed E-state index contributed by atoms with van der Waals surface area (Å²) < 4.78 is 1.52. The molecule has 25 heavy (non-hydrogen) atoms. The van der Waals surface area contributed by atoms with Gasteiger partial charge < -0.3 is 8.19 Å². The minimum absolute atomic E-state index is 1.36. The van der Waals surface area contributed by atoms with Gasteiger partial charge in [0.15, 0.2) is 8.07 Å². The van der Waals surface area contributed by atoms with Crippen LogP contribution in [0, 0.1) is 13.8 Å². The summed E-state index contributed by atoms with van der Waals surface area (Å²) in [5, 5.41) is 5.19. The molecule has 0 fully saturated rings. The van der Waals surface area contributed by atoms with E-state index in [1.54, 1.807) is 4.92 Å². The lowest BCUT2D eigenvalue weighted by atomic mass is 10.2. The Balaban J connectivity index is 2.15. The summed E-state index contributed by atoms with van der Waals surface area (Å²) in [4.78, 5) is 1.62. The van der Waals surface area contributed by atoms with Crippen molar-refractivity contribution < 1.29 is 0 Å². The monoisotopic (exact) mass is 375 g/mol. The van der Waals surface area contributed by atoms with Gasteiger partial charge in [0.25, 0.3) is 0 Å². The third-order valence-corrected chi connectivity index (χ3v) is 13.8. The van der Waals surface area contributed by atoms with Crippen LogP contribution in [0.1, 0.15) is 11.1 Å². The Kier molecular flexibility index (Phi) is 4.51. The van der Waals surface area contributed by atoms with E-state index in [-0.39, 0.29) is 0 Å². The second-order valence-corrected chi connectivity index (χ2v) is 12.8. The van der Waals surface area contributed by atoms with Crippen LogP contribution in [0.4, 0.5) is 0 Å². The van der Waals surface area contributed by atoms with Crippen molar-refractivity contribution in [2.24, 2.45) is 0 Å². The summed E-state index contributed by atoms with van der Waals surface area (Å²) in [6.45, 7) is 4.56. The summed E-state index contributed by atoms with van der Waals surface area (Å²) in [5.74, 6) is 2.38. The molecule has 0 N–H and O–H groups in total. The van der Waals surface area contributed by atoms with Gasteiger partial charge in [0.05, 0.1) is 0 Å². The van der Waals surface area contributed by atoms with E-state index in [4.69, 9.17) is 0 Å². The molecule has 2 aromatic carbocycles. The lowest BCUT2D eigenvalue weighted by molar-refractivity contribution is 1.42. The zero-order chi connectivity index (χ0) is 17.3. The van der Waals surface area contributed by atoms with Gasteiger partial charge in [-0.1, -0.05) is 83.9 Å². The maximum atomic E-state index is 2.38. The number of rotatable bonds is 4. The number of aryl methyl sites for hydroxylation is 1. The van der Waals surface area contributed by atoms with Crippen LogP contribution in [0.5, 0.6) is 0 Å². The summed E-state index contributed by atoms with van der Waals surface area (Å²) in [6.07, 6.45) is 0. The Hall–Kier alpha value is -1.86. The molecule has 4 aromatic rings. The first-order valence-corrected chi connectivity index (χ1v) is 12.3. The molecule has 0 nitrogen and oxygen atoms in total. The Bertz CT molecular complexity index is 916. The van der Waals surface area contributed by atoms with Crippen molar-refractivity contribution in [2.45, 2.75) is 13.8 Å². The Labute approximate surface area is 156 Å². The maximum absolute atomic E-state index is 2.38. The number of benzene rings is 2. The molecule has 0 bridgehead atoms. The molecule has 0 saturated carbocycles. The molecule has 0 aliphatic rings. The molecule has 0 unspecified atom stereocenters. The molecule has 3 heteroatoms. The first kappa shape index (κ1) is 16.6. The molecule has 0 aliphatic heterocycles. The summed E-state index contributed by atoms with van der Waals surface area (Å²) >= 11 is 1.91. The van der Waals surface area contributed by atoms with Crippen LogP contribution in [0.3, 0.4) is 0 Å². The number of hydrogen-bond acceptors (Lipinski definition) is 1. The van der Waals surface area contributed by atoms with Crippen molar-refractivity contribution in [1.82, 2.24) is 0 Å². The van der Waals surface area contributed by atoms with E-state index in [1.165, 1.54) is 34.2 Å². The van der Waals surface area contributed by atoms with Crippen LogP contribution in [0.25, 0.3) is 0 Å². The smallest absolute Gasteiger partial charge is 0.160 e. The van der Waals surface area contributed by atoms with Crippen molar-refractivity contribution in [3.8, 4) is 0 Å².